The predicted molar refractivity (Wildman–Crippen MR) is 58.1 cm³/mol. The van der Waals surface area contributed by atoms with Gasteiger partial charge in [-0.1, -0.05) is 18.2 Å². The molecule has 2 N–H and O–H groups in total. The van der Waals surface area contributed by atoms with Crippen molar-refractivity contribution in [2.75, 3.05) is 6.54 Å². The molecule has 0 radical (unpaired) electrons. The Labute approximate surface area is 89.4 Å². The van der Waals surface area contributed by atoms with E-state index in [1.54, 1.807) is 12.2 Å². The van der Waals surface area contributed by atoms with Crippen molar-refractivity contribution >= 4 is 11.8 Å². The topological polar surface area (TPSA) is 58.2 Å². The zero-order chi connectivity index (χ0) is 11.1. The number of amides is 2. The second kappa shape index (κ2) is 6.01. The molecule has 1 unspecified atom stereocenters. The van der Waals surface area contributed by atoms with Gasteiger partial charge in [-0.3, -0.25) is 9.59 Å². The van der Waals surface area contributed by atoms with Crippen LogP contribution in [-0.2, 0) is 9.59 Å². The Hall–Kier alpha value is -1.58. The Morgan fingerprint density at radius 3 is 2.93 bits per heavy atom. The molecule has 0 aromatic rings. The van der Waals surface area contributed by atoms with Gasteiger partial charge in [0.1, 0.15) is 0 Å². The average Bonchev–Trinajstić information content (AvgIpc) is 2.22. The van der Waals surface area contributed by atoms with E-state index in [1.807, 2.05) is 13.0 Å². The largest absolute Gasteiger partial charge is 0.354 e. The van der Waals surface area contributed by atoms with Gasteiger partial charge in [-0.2, -0.15) is 0 Å². The SMILES string of the molecule is CC=CC=CC(=O)NC1CCC(=O)NC1. The molecule has 15 heavy (non-hydrogen) atoms. The summed E-state index contributed by atoms with van der Waals surface area (Å²) in [6.45, 7) is 2.42. The smallest absolute Gasteiger partial charge is 0.244 e. The number of hydrogen-bond acceptors (Lipinski definition) is 2. The van der Waals surface area contributed by atoms with Gasteiger partial charge < -0.3 is 10.6 Å². The molecule has 0 spiro atoms. The van der Waals surface area contributed by atoms with Crippen LogP contribution in [0.1, 0.15) is 19.8 Å². The van der Waals surface area contributed by atoms with E-state index in [4.69, 9.17) is 0 Å². The van der Waals surface area contributed by atoms with E-state index in [1.165, 1.54) is 6.08 Å². The Morgan fingerprint density at radius 1 is 1.53 bits per heavy atom. The van der Waals surface area contributed by atoms with E-state index in [0.717, 1.165) is 6.42 Å². The zero-order valence-electron chi connectivity index (χ0n) is 8.82. The second-order valence-electron chi connectivity index (χ2n) is 3.43. The molecule has 4 nitrogen and oxygen atoms in total. The van der Waals surface area contributed by atoms with E-state index < -0.39 is 0 Å². The van der Waals surface area contributed by atoms with Crippen molar-refractivity contribution in [3.05, 3.63) is 24.3 Å². The molecule has 1 aliphatic heterocycles. The highest BCUT2D eigenvalue weighted by molar-refractivity contribution is 5.88. The van der Waals surface area contributed by atoms with Crippen molar-refractivity contribution in [3.63, 3.8) is 0 Å². The third-order valence-corrected chi connectivity index (χ3v) is 2.16. The van der Waals surface area contributed by atoms with Crippen LogP contribution in [-0.4, -0.2) is 24.4 Å². The highest BCUT2D eigenvalue weighted by atomic mass is 16.2. The van der Waals surface area contributed by atoms with Gasteiger partial charge in [-0.25, -0.2) is 0 Å². The van der Waals surface area contributed by atoms with E-state index in [0.29, 0.717) is 13.0 Å². The molecule has 1 fully saturated rings. The molecule has 82 valence electrons. The van der Waals surface area contributed by atoms with Crippen LogP contribution in [0.15, 0.2) is 24.3 Å². The average molecular weight is 208 g/mol. The summed E-state index contributed by atoms with van der Waals surface area (Å²) in [6, 6.07) is 0.0606. The summed E-state index contributed by atoms with van der Waals surface area (Å²) in [7, 11) is 0. The predicted octanol–water partition coefficient (Wildman–Crippen LogP) is 0.513. The fourth-order valence-electron chi connectivity index (χ4n) is 1.36. The van der Waals surface area contributed by atoms with Gasteiger partial charge in [0.25, 0.3) is 0 Å². The first-order valence-corrected chi connectivity index (χ1v) is 5.09. The van der Waals surface area contributed by atoms with Crippen LogP contribution >= 0.6 is 0 Å². The van der Waals surface area contributed by atoms with Gasteiger partial charge in [0.05, 0.1) is 0 Å². The summed E-state index contributed by atoms with van der Waals surface area (Å²) < 4.78 is 0. The van der Waals surface area contributed by atoms with Gasteiger partial charge in [-0.05, 0) is 13.3 Å². The van der Waals surface area contributed by atoms with Gasteiger partial charge >= 0.3 is 0 Å². The lowest BCUT2D eigenvalue weighted by molar-refractivity contribution is -0.124. The minimum Gasteiger partial charge on any atom is -0.354 e. The molecule has 1 heterocycles. The molecule has 2 amide bonds. The summed E-state index contributed by atoms with van der Waals surface area (Å²) in [5.41, 5.74) is 0. The summed E-state index contributed by atoms with van der Waals surface area (Å²) in [5, 5.41) is 5.54. The maximum absolute atomic E-state index is 11.3. The summed E-state index contributed by atoms with van der Waals surface area (Å²) in [5.74, 6) is -0.0563. The van der Waals surface area contributed by atoms with Crippen molar-refractivity contribution in [2.45, 2.75) is 25.8 Å². The first kappa shape index (κ1) is 11.5. The molecule has 0 bridgehead atoms. The molecule has 1 rings (SSSR count). The Morgan fingerprint density at radius 2 is 2.33 bits per heavy atom. The zero-order valence-corrected chi connectivity index (χ0v) is 8.82. The monoisotopic (exact) mass is 208 g/mol. The number of rotatable bonds is 3. The van der Waals surface area contributed by atoms with E-state index in [2.05, 4.69) is 10.6 Å². The number of hydrogen-bond donors (Lipinski definition) is 2. The van der Waals surface area contributed by atoms with Crippen molar-refractivity contribution in [3.8, 4) is 0 Å². The molecular formula is C11H16N2O2. The van der Waals surface area contributed by atoms with Gasteiger partial charge in [0.15, 0.2) is 0 Å². The second-order valence-corrected chi connectivity index (χ2v) is 3.43. The fourth-order valence-corrected chi connectivity index (χ4v) is 1.36. The maximum Gasteiger partial charge on any atom is 0.244 e. The number of piperidine rings is 1. The van der Waals surface area contributed by atoms with E-state index in [9.17, 15) is 9.59 Å². The minimum atomic E-state index is -0.116. The molecule has 0 aromatic heterocycles. The number of allylic oxidation sites excluding steroid dienone is 3. The van der Waals surface area contributed by atoms with Crippen LogP contribution < -0.4 is 10.6 Å². The van der Waals surface area contributed by atoms with Crippen molar-refractivity contribution in [1.82, 2.24) is 10.6 Å². The van der Waals surface area contributed by atoms with Crippen LogP contribution in [0.25, 0.3) is 0 Å². The summed E-state index contributed by atoms with van der Waals surface area (Å²) in [4.78, 5) is 22.2. The van der Waals surface area contributed by atoms with Crippen molar-refractivity contribution in [2.24, 2.45) is 0 Å². The standard InChI is InChI=1S/C11H16N2O2/c1-2-3-4-5-11(15)13-9-6-7-10(14)12-8-9/h2-5,9H,6-8H2,1H3,(H,12,14)(H,13,15). The van der Waals surface area contributed by atoms with Gasteiger partial charge in [0.2, 0.25) is 11.8 Å². The first-order chi connectivity index (χ1) is 7.22. The molecule has 1 saturated heterocycles. The molecule has 0 aliphatic carbocycles. The summed E-state index contributed by atoms with van der Waals surface area (Å²) in [6.07, 6.45) is 8.03. The Kier molecular flexibility index (Phi) is 4.60. The molecular weight excluding hydrogens is 192 g/mol. The quantitative estimate of drug-likeness (QED) is 0.524. The third-order valence-electron chi connectivity index (χ3n) is 2.16. The van der Waals surface area contributed by atoms with Crippen molar-refractivity contribution < 1.29 is 9.59 Å². The van der Waals surface area contributed by atoms with Gasteiger partial charge in [0, 0.05) is 25.1 Å². The highest BCUT2D eigenvalue weighted by Gasteiger charge is 2.18. The third kappa shape index (κ3) is 4.44. The Bertz CT molecular complexity index is 285. The lowest BCUT2D eigenvalue weighted by Crippen LogP contribution is -2.47. The molecule has 1 aliphatic rings. The molecule has 4 heteroatoms. The minimum absolute atomic E-state index is 0.0601. The first-order valence-electron chi connectivity index (χ1n) is 5.09. The lowest BCUT2D eigenvalue weighted by Gasteiger charge is -2.22. The number of nitrogens with one attached hydrogen (secondary N) is 2. The normalized spacial score (nSPS) is 21.9. The Balaban J connectivity index is 2.29. The molecule has 0 aromatic carbocycles. The van der Waals surface area contributed by atoms with Crippen LogP contribution in [0.4, 0.5) is 0 Å². The van der Waals surface area contributed by atoms with Crippen LogP contribution in [0.3, 0.4) is 0 Å². The number of carbonyl (C=O) groups excluding carboxylic acids is 2. The van der Waals surface area contributed by atoms with Crippen LogP contribution in [0.2, 0.25) is 0 Å². The lowest BCUT2D eigenvalue weighted by atomic mass is 10.1. The fraction of sp³-hybridized carbons (Fsp3) is 0.455. The maximum atomic E-state index is 11.3. The number of carbonyl (C=O) groups is 2. The van der Waals surface area contributed by atoms with Gasteiger partial charge in [-0.15, -0.1) is 0 Å². The van der Waals surface area contributed by atoms with Crippen molar-refractivity contribution in [1.29, 1.82) is 0 Å². The highest BCUT2D eigenvalue weighted by Crippen LogP contribution is 2.02. The molecule has 0 saturated carbocycles. The van der Waals surface area contributed by atoms with Crippen LogP contribution in [0, 0.1) is 0 Å². The van der Waals surface area contributed by atoms with E-state index in [-0.39, 0.29) is 17.9 Å². The molecule has 1 atom stereocenters. The summed E-state index contributed by atoms with van der Waals surface area (Å²) >= 11 is 0. The van der Waals surface area contributed by atoms with E-state index >= 15 is 0 Å². The van der Waals surface area contributed by atoms with Crippen LogP contribution in [0.5, 0.6) is 0 Å².